The number of carbonyl (C=O) groups is 1. The number of sulfonamides is 1. The van der Waals surface area contributed by atoms with Gasteiger partial charge in [0.05, 0.1) is 28.8 Å². The molecule has 0 aliphatic carbocycles. The van der Waals surface area contributed by atoms with Gasteiger partial charge in [-0.3, -0.25) is 4.31 Å². The molecule has 0 heterocycles. The van der Waals surface area contributed by atoms with Gasteiger partial charge in [0, 0.05) is 6.54 Å². The maximum Gasteiger partial charge on any atom is 0.416 e. The van der Waals surface area contributed by atoms with Gasteiger partial charge in [-0.15, -0.1) is 0 Å². The van der Waals surface area contributed by atoms with Crippen molar-refractivity contribution in [3.05, 3.63) is 59.7 Å². The molecule has 0 amide bonds. The van der Waals surface area contributed by atoms with Gasteiger partial charge in [0.15, 0.2) is 0 Å². The Morgan fingerprint density at radius 2 is 1.77 bits per heavy atom. The average Bonchev–Trinajstić information content (AvgIpc) is 2.61. The number of halogens is 3. The predicted molar refractivity (Wildman–Crippen MR) is 89.4 cm³/mol. The van der Waals surface area contributed by atoms with Crippen molar-refractivity contribution < 1.29 is 31.1 Å². The van der Waals surface area contributed by atoms with Crippen LogP contribution in [0.5, 0.6) is 0 Å². The first-order chi connectivity index (χ1) is 12.1. The van der Waals surface area contributed by atoms with Gasteiger partial charge in [-0.05, 0) is 43.3 Å². The number of alkyl halides is 3. The second kappa shape index (κ2) is 7.36. The number of hydrogen-bond acceptors (Lipinski definition) is 4. The Labute approximate surface area is 149 Å². The van der Waals surface area contributed by atoms with Crippen LogP contribution < -0.4 is 4.31 Å². The molecular weight excluding hydrogens is 371 g/mol. The molecule has 2 rings (SSSR count). The van der Waals surface area contributed by atoms with Crippen LogP contribution in [-0.2, 0) is 20.9 Å². The summed E-state index contributed by atoms with van der Waals surface area (Å²) in [5.74, 6) is -0.653. The predicted octanol–water partition coefficient (Wildman–Crippen LogP) is 3.71. The fourth-order valence-corrected chi connectivity index (χ4v) is 3.87. The van der Waals surface area contributed by atoms with E-state index in [2.05, 4.69) is 4.74 Å². The lowest BCUT2D eigenvalue weighted by Gasteiger charge is -2.23. The minimum Gasteiger partial charge on any atom is -0.465 e. The first-order valence-corrected chi connectivity index (χ1v) is 8.93. The van der Waals surface area contributed by atoms with Crippen molar-refractivity contribution in [3.63, 3.8) is 0 Å². The molecule has 0 bridgehead atoms. The zero-order valence-corrected chi connectivity index (χ0v) is 14.8. The van der Waals surface area contributed by atoms with Crippen LogP contribution in [0.4, 0.5) is 18.9 Å². The lowest BCUT2D eigenvalue weighted by molar-refractivity contribution is -0.137. The van der Waals surface area contributed by atoms with E-state index < -0.39 is 32.6 Å². The van der Waals surface area contributed by atoms with Gasteiger partial charge in [0.2, 0.25) is 0 Å². The Bertz CT molecular complexity index is 910. The first kappa shape index (κ1) is 19.8. The Morgan fingerprint density at radius 1 is 1.12 bits per heavy atom. The number of carbonyl (C=O) groups excluding carboxylic acids is 1. The lowest BCUT2D eigenvalue weighted by Crippen LogP contribution is -2.31. The van der Waals surface area contributed by atoms with Crippen molar-refractivity contribution in [1.29, 1.82) is 0 Å². The van der Waals surface area contributed by atoms with Gasteiger partial charge in [-0.25, -0.2) is 13.2 Å². The van der Waals surface area contributed by atoms with Crippen molar-refractivity contribution in [3.8, 4) is 0 Å². The molecule has 26 heavy (non-hydrogen) atoms. The molecule has 2 aromatic rings. The Hall–Kier alpha value is -2.55. The molecule has 0 N–H and O–H groups in total. The summed E-state index contributed by atoms with van der Waals surface area (Å²) in [6.07, 6.45) is -4.66. The van der Waals surface area contributed by atoms with Gasteiger partial charge in [-0.1, -0.05) is 12.1 Å². The number of anilines is 1. The van der Waals surface area contributed by atoms with E-state index in [9.17, 15) is 26.4 Å². The maximum atomic E-state index is 12.9. The number of nitrogens with zero attached hydrogens (tertiary/aromatic N) is 1. The Kier molecular flexibility index (Phi) is 5.60. The molecule has 0 saturated carbocycles. The van der Waals surface area contributed by atoms with E-state index in [0.29, 0.717) is 6.07 Å². The zero-order valence-electron chi connectivity index (χ0n) is 13.9. The highest BCUT2D eigenvalue weighted by molar-refractivity contribution is 7.92. The molecule has 0 radical (unpaired) electrons. The summed E-state index contributed by atoms with van der Waals surface area (Å²) in [5.41, 5.74) is -0.784. The van der Waals surface area contributed by atoms with Crippen LogP contribution >= 0.6 is 0 Å². The summed E-state index contributed by atoms with van der Waals surface area (Å²) in [5, 5.41) is 0. The van der Waals surface area contributed by atoms with Crippen molar-refractivity contribution in [2.24, 2.45) is 0 Å². The molecule has 0 atom stereocenters. The van der Waals surface area contributed by atoms with Crippen LogP contribution in [0.3, 0.4) is 0 Å². The molecule has 0 aromatic heterocycles. The number of ether oxygens (including phenoxy) is 1. The highest BCUT2D eigenvalue weighted by Gasteiger charge is 2.33. The average molecular weight is 387 g/mol. The van der Waals surface area contributed by atoms with E-state index in [0.717, 1.165) is 22.5 Å². The van der Waals surface area contributed by atoms with E-state index in [1.807, 2.05) is 0 Å². The van der Waals surface area contributed by atoms with Crippen LogP contribution in [0.15, 0.2) is 53.4 Å². The van der Waals surface area contributed by atoms with E-state index in [1.54, 1.807) is 0 Å². The fraction of sp³-hybridized carbons (Fsp3) is 0.235. The summed E-state index contributed by atoms with van der Waals surface area (Å²) in [4.78, 5) is 11.1. The smallest absolute Gasteiger partial charge is 0.416 e. The molecule has 0 saturated heterocycles. The third-order valence-corrected chi connectivity index (χ3v) is 5.49. The number of hydrogen-bond donors (Lipinski definition) is 0. The van der Waals surface area contributed by atoms with Crippen LogP contribution in [0.25, 0.3) is 0 Å². The molecule has 0 unspecified atom stereocenters. The third kappa shape index (κ3) is 3.98. The summed E-state index contributed by atoms with van der Waals surface area (Å²) in [6.45, 7) is 1.50. The van der Waals surface area contributed by atoms with Crippen LogP contribution in [-0.4, -0.2) is 28.0 Å². The second-order valence-corrected chi connectivity index (χ2v) is 7.10. The standard InChI is InChI=1S/C17H16F3NO4S/c1-3-21(14-8-4-6-12(10-14)16(22)25-2)26(23,24)15-9-5-7-13(11-15)17(18,19)20/h4-11H,3H2,1-2H3. The quantitative estimate of drug-likeness (QED) is 0.734. The summed E-state index contributed by atoms with van der Waals surface area (Å²) in [6, 6.07) is 9.18. The van der Waals surface area contributed by atoms with Crippen molar-refractivity contribution in [2.75, 3.05) is 18.0 Å². The highest BCUT2D eigenvalue weighted by Crippen LogP contribution is 2.32. The maximum absolute atomic E-state index is 12.9. The molecule has 9 heteroatoms. The third-order valence-electron chi connectivity index (χ3n) is 3.59. The topological polar surface area (TPSA) is 63.7 Å². The van der Waals surface area contributed by atoms with Crippen LogP contribution in [0.2, 0.25) is 0 Å². The van der Waals surface area contributed by atoms with Crippen LogP contribution in [0.1, 0.15) is 22.8 Å². The Balaban J connectivity index is 2.51. The molecular formula is C17H16F3NO4S. The molecule has 5 nitrogen and oxygen atoms in total. The van der Waals surface area contributed by atoms with Gasteiger partial charge in [0.25, 0.3) is 10.0 Å². The summed E-state index contributed by atoms with van der Waals surface area (Å²) in [7, 11) is -3.07. The minimum atomic E-state index is -4.66. The van der Waals surface area contributed by atoms with Gasteiger partial charge in [-0.2, -0.15) is 13.2 Å². The molecule has 140 valence electrons. The minimum absolute atomic E-state index is 0.0385. The monoisotopic (exact) mass is 387 g/mol. The SMILES string of the molecule is CCN(c1cccc(C(=O)OC)c1)S(=O)(=O)c1cccc(C(F)(F)F)c1. The number of esters is 1. The lowest BCUT2D eigenvalue weighted by atomic mass is 10.2. The van der Waals surface area contributed by atoms with E-state index in [-0.39, 0.29) is 17.8 Å². The molecule has 2 aromatic carbocycles. The van der Waals surface area contributed by atoms with Crippen molar-refractivity contribution >= 4 is 21.7 Å². The summed E-state index contributed by atoms with van der Waals surface area (Å²) >= 11 is 0. The van der Waals surface area contributed by atoms with E-state index in [4.69, 9.17) is 0 Å². The molecule has 0 aliphatic rings. The van der Waals surface area contributed by atoms with Gasteiger partial charge in [0.1, 0.15) is 0 Å². The van der Waals surface area contributed by atoms with Crippen molar-refractivity contribution in [2.45, 2.75) is 18.0 Å². The van der Waals surface area contributed by atoms with Crippen molar-refractivity contribution in [1.82, 2.24) is 0 Å². The fourth-order valence-electron chi connectivity index (χ4n) is 2.36. The number of rotatable bonds is 5. The molecule has 0 spiro atoms. The Morgan fingerprint density at radius 3 is 2.35 bits per heavy atom. The molecule has 0 fully saturated rings. The number of methoxy groups -OCH3 is 1. The largest absolute Gasteiger partial charge is 0.465 e. The highest BCUT2D eigenvalue weighted by atomic mass is 32.2. The van der Waals surface area contributed by atoms with E-state index in [1.165, 1.54) is 38.3 Å². The van der Waals surface area contributed by atoms with E-state index >= 15 is 0 Å². The van der Waals surface area contributed by atoms with Gasteiger partial charge < -0.3 is 4.74 Å². The second-order valence-electron chi connectivity index (χ2n) is 5.24. The summed E-state index contributed by atoms with van der Waals surface area (Å²) < 4.78 is 69.8. The number of benzene rings is 2. The zero-order chi connectivity index (χ0) is 19.5. The van der Waals surface area contributed by atoms with Crippen LogP contribution in [0, 0.1) is 0 Å². The first-order valence-electron chi connectivity index (χ1n) is 7.49. The van der Waals surface area contributed by atoms with Gasteiger partial charge >= 0.3 is 12.1 Å². The normalized spacial score (nSPS) is 11.9. The molecule has 0 aliphatic heterocycles.